The minimum absolute atomic E-state index is 0.146. The number of rotatable bonds is 5. The van der Waals surface area contributed by atoms with E-state index >= 15 is 0 Å². The topological polar surface area (TPSA) is 79.5 Å². The molecular formula is C17H18ClN3O3. The van der Waals surface area contributed by atoms with Gasteiger partial charge in [0.15, 0.2) is 0 Å². The second-order valence-electron chi connectivity index (χ2n) is 5.04. The molecule has 2 aromatic carbocycles. The second kappa shape index (κ2) is 8.21. The second-order valence-corrected chi connectivity index (χ2v) is 5.44. The number of carbonyl (C=O) groups excluding carboxylic acids is 2. The molecule has 126 valence electrons. The van der Waals surface area contributed by atoms with Crippen molar-refractivity contribution < 1.29 is 14.3 Å². The molecule has 0 bridgehead atoms. The number of benzene rings is 2. The van der Waals surface area contributed by atoms with E-state index in [-0.39, 0.29) is 11.9 Å². The van der Waals surface area contributed by atoms with Gasteiger partial charge in [0, 0.05) is 25.2 Å². The highest BCUT2D eigenvalue weighted by molar-refractivity contribution is 6.33. The number of amides is 3. The number of anilines is 2. The van der Waals surface area contributed by atoms with Crippen LogP contribution in [0.15, 0.2) is 42.5 Å². The molecule has 0 fully saturated rings. The highest BCUT2D eigenvalue weighted by Gasteiger charge is 2.07. The first kappa shape index (κ1) is 17.6. The molecule has 0 aliphatic rings. The minimum atomic E-state index is -0.382. The van der Waals surface area contributed by atoms with Crippen LogP contribution in [0.1, 0.15) is 12.5 Å². The predicted molar refractivity (Wildman–Crippen MR) is 94.6 cm³/mol. The summed E-state index contributed by atoms with van der Waals surface area (Å²) < 4.78 is 5.06. The standard InChI is InChI=1S/C17H18ClN3O3/c1-11(22)20-13-5-3-4-12(8-13)10-19-17(23)21-16-7-6-14(24-2)9-15(16)18/h3-9H,10H2,1-2H3,(H,20,22)(H2,19,21,23). The molecule has 7 heteroatoms. The highest BCUT2D eigenvalue weighted by Crippen LogP contribution is 2.26. The first-order chi connectivity index (χ1) is 11.5. The average Bonchev–Trinajstić information content (AvgIpc) is 2.54. The van der Waals surface area contributed by atoms with Gasteiger partial charge in [-0.1, -0.05) is 23.7 Å². The monoisotopic (exact) mass is 347 g/mol. The summed E-state index contributed by atoms with van der Waals surface area (Å²) in [5.74, 6) is 0.466. The number of hydrogen-bond acceptors (Lipinski definition) is 3. The maximum atomic E-state index is 12.0. The van der Waals surface area contributed by atoms with Gasteiger partial charge < -0.3 is 20.7 Å². The molecular weight excluding hydrogens is 330 g/mol. The molecule has 6 nitrogen and oxygen atoms in total. The van der Waals surface area contributed by atoms with Gasteiger partial charge in [0.1, 0.15) is 5.75 Å². The summed E-state index contributed by atoms with van der Waals surface area (Å²) in [4.78, 5) is 23.0. The Balaban J connectivity index is 1.92. The Morgan fingerprint density at radius 1 is 1.12 bits per heavy atom. The van der Waals surface area contributed by atoms with Gasteiger partial charge in [0.25, 0.3) is 0 Å². The number of halogens is 1. The van der Waals surface area contributed by atoms with Gasteiger partial charge in [-0.2, -0.15) is 0 Å². The van der Waals surface area contributed by atoms with Crippen LogP contribution in [0, 0.1) is 0 Å². The van der Waals surface area contributed by atoms with E-state index in [9.17, 15) is 9.59 Å². The molecule has 3 amide bonds. The number of urea groups is 1. The summed E-state index contributed by atoms with van der Waals surface area (Å²) in [6, 6.07) is 11.8. The van der Waals surface area contributed by atoms with Gasteiger partial charge in [-0.15, -0.1) is 0 Å². The predicted octanol–water partition coefficient (Wildman–Crippen LogP) is 3.63. The zero-order chi connectivity index (χ0) is 17.5. The largest absolute Gasteiger partial charge is 0.497 e. The van der Waals surface area contributed by atoms with Crippen molar-refractivity contribution in [2.45, 2.75) is 13.5 Å². The summed E-state index contributed by atoms with van der Waals surface area (Å²) >= 11 is 6.08. The maximum Gasteiger partial charge on any atom is 0.319 e. The molecule has 0 saturated carbocycles. The lowest BCUT2D eigenvalue weighted by atomic mass is 10.2. The number of carbonyl (C=O) groups is 2. The van der Waals surface area contributed by atoms with Gasteiger partial charge in [-0.25, -0.2) is 4.79 Å². The lowest BCUT2D eigenvalue weighted by Gasteiger charge is -2.11. The zero-order valence-electron chi connectivity index (χ0n) is 13.4. The molecule has 0 aliphatic carbocycles. The van der Waals surface area contributed by atoms with Crippen molar-refractivity contribution in [3.05, 3.63) is 53.1 Å². The van der Waals surface area contributed by atoms with Crippen LogP contribution in [0.3, 0.4) is 0 Å². The maximum absolute atomic E-state index is 12.0. The summed E-state index contributed by atoms with van der Waals surface area (Å²) in [6.07, 6.45) is 0. The van der Waals surface area contributed by atoms with Crippen LogP contribution in [0.4, 0.5) is 16.2 Å². The smallest absolute Gasteiger partial charge is 0.319 e. The molecule has 0 spiro atoms. The molecule has 0 atom stereocenters. The third kappa shape index (κ3) is 5.17. The molecule has 24 heavy (non-hydrogen) atoms. The van der Waals surface area contributed by atoms with Crippen LogP contribution in [0.25, 0.3) is 0 Å². The Labute approximate surface area is 145 Å². The van der Waals surface area contributed by atoms with E-state index in [0.29, 0.717) is 28.7 Å². The molecule has 0 heterocycles. The first-order valence-corrected chi connectivity index (χ1v) is 7.60. The Morgan fingerprint density at radius 2 is 1.92 bits per heavy atom. The molecule has 0 radical (unpaired) electrons. The fourth-order valence-corrected chi connectivity index (χ4v) is 2.25. The van der Waals surface area contributed by atoms with E-state index in [1.54, 1.807) is 43.5 Å². The number of hydrogen-bond donors (Lipinski definition) is 3. The van der Waals surface area contributed by atoms with Crippen LogP contribution in [-0.4, -0.2) is 19.0 Å². The third-order valence-corrected chi connectivity index (χ3v) is 3.44. The first-order valence-electron chi connectivity index (χ1n) is 7.23. The van der Waals surface area contributed by atoms with E-state index in [4.69, 9.17) is 16.3 Å². The van der Waals surface area contributed by atoms with Crippen LogP contribution >= 0.6 is 11.6 Å². The van der Waals surface area contributed by atoms with E-state index in [2.05, 4.69) is 16.0 Å². The SMILES string of the molecule is COc1ccc(NC(=O)NCc2cccc(NC(C)=O)c2)c(Cl)c1. The lowest BCUT2D eigenvalue weighted by molar-refractivity contribution is -0.114. The van der Waals surface area contributed by atoms with Gasteiger partial charge in [0.2, 0.25) is 5.91 Å². The molecule has 2 aromatic rings. The van der Waals surface area contributed by atoms with Crippen molar-refractivity contribution in [2.24, 2.45) is 0 Å². The minimum Gasteiger partial charge on any atom is -0.497 e. The van der Waals surface area contributed by atoms with Crippen LogP contribution < -0.4 is 20.7 Å². The van der Waals surface area contributed by atoms with Gasteiger partial charge in [0.05, 0.1) is 17.8 Å². The fraction of sp³-hybridized carbons (Fsp3) is 0.176. The molecule has 3 N–H and O–H groups in total. The zero-order valence-corrected chi connectivity index (χ0v) is 14.1. The Morgan fingerprint density at radius 3 is 2.58 bits per heavy atom. The average molecular weight is 348 g/mol. The highest BCUT2D eigenvalue weighted by atomic mass is 35.5. The molecule has 0 aliphatic heterocycles. The van der Waals surface area contributed by atoms with Crippen LogP contribution in [0.5, 0.6) is 5.75 Å². The van der Waals surface area contributed by atoms with Crippen molar-refractivity contribution in [2.75, 3.05) is 17.7 Å². The quantitative estimate of drug-likeness (QED) is 0.772. The van der Waals surface area contributed by atoms with Crippen molar-refractivity contribution in [1.82, 2.24) is 5.32 Å². The van der Waals surface area contributed by atoms with Crippen molar-refractivity contribution >= 4 is 34.9 Å². The van der Waals surface area contributed by atoms with Crippen molar-refractivity contribution in [3.63, 3.8) is 0 Å². The molecule has 0 aromatic heterocycles. The molecule has 0 saturated heterocycles. The van der Waals surface area contributed by atoms with E-state index in [1.807, 2.05) is 6.07 Å². The number of nitrogens with one attached hydrogen (secondary N) is 3. The van der Waals surface area contributed by atoms with Gasteiger partial charge in [-0.3, -0.25) is 4.79 Å². The lowest BCUT2D eigenvalue weighted by Crippen LogP contribution is -2.28. The molecule has 0 unspecified atom stereocenters. The fourth-order valence-electron chi connectivity index (χ4n) is 2.04. The molecule has 2 rings (SSSR count). The van der Waals surface area contributed by atoms with E-state index in [0.717, 1.165) is 5.56 Å². The van der Waals surface area contributed by atoms with Crippen molar-refractivity contribution in [1.29, 1.82) is 0 Å². The number of ether oxygens (including phenoxy) is 1. The Hall–Kier alpha value is -2.73. The Bertz CT molecular complexity index is 750. The summed E-state index contributed by atoms with van der Waals surface area (Å²) in [7, 11) is 1.54. The van der Waals surface area contributed by atoms with Crippen molar-refractivity contribution in [3.8, 4) is 5.75 Å². The van der Waals surface area contributed by atoms with Gasteiger partial charge >= 0.3 is 6.03 Å². The number of methoxy groups -OCH3 is 1. The Kier molecular flexibility index (Phi) is 6.03. The normalized spacial score (nSPS) is 9.96. The summed E-state index contributed by atoms with van der Waals surface area (Å²) in [6.45, 7) is 1.75. The van der Waals surface area contributed by atoms with E-state index < -0.39 is 0 Å². The van der Waals surface area contributed by atoms with Crippen LogP contribution in [0.2, 0.25) is 5.02 Å². The van der Waals surface area contributed by atoms with Crippen LogP contribution in [-0.2, 0) is 11.3 Å². The summed E-state index contributed by atoms with van der Waals surface area (Å²) in [5, 5.41) is 8.48. The van der Waals surface area contributed by atoms with E-state index in [1.165, 1.54) is 6.92 Å². The summed E-state index contributed by atoms with van der Waals surface area (Å²) in [5.41, 5.74) is 2.03. The van der Waals surface area contributed by atoms with Gasteiger partial charge in [-0.05, 0) is 29.8 Å². The third-order valence-electron chi connectivity index (χ3n) is 3.12.